The molecule has 1 saturated heterocycles. The second-order valence-electron chi connectivity index (χ2n) is 4.20. The number of piperidine rings is 1. The Morgan fingerprint density at radius 3 is 2.65 bits per heavy atom. The summed E-state index contributed by atoms with van der Waals surface area (Å²) in [7, 11) is 0. The van der Waals surface area contributed by atoms with Crippen LogP contribution < -0.4 is 10.6 Å². The van der Waals surface area contributed by atoms with Crippen molar-refractivity contribution < 1.29 is 14.3 Å². The van der Waals surface area contributed by atoms with Gasteiger partial charge in [0.25, 0.3) is 0 Å². The molecule has 0 aromatic heterocycles. The fraction of sp³-hybridized carbons (Fsp3) is 0.818. The molecule has 100 valence electrons. The molecule has 0 aliphatic carbocycles. The summed E-state index contributed by atoms with van der Waals surface area (Å²) < 4.78 is 4.74. The van der Waals surface area contributed by atoms with Gasteiger partial charge in [-0.25, -0.2) is 0 Å². The monoisotopic (exact) mass is 264 g/mol. The van der Waals surface area contributed by atoms with Crippen LogP contribution in [0.3, 0.4) is 0 Å². The van der Waals surface area contributed by atoms with Crippen molar-refractivity contribution in [3.05, 3.63) is 0 Å². The molecule has 1 rings (SSSR count). The van der Waals surface area contributed by atoms with E-state index in [9.17, 15) is 9.59 Å². The average molecular weight is 265 g/mol. The van der Waals surface area contributed by atoms with Crippen molar-refractivity contribution in [1.29, 1.82) is 0 Å². The molecule has 0 aromatic carbocycles. The Morgan fingerprint density at radius 2 is 2.12 bits per heavy atom. The maximum atomic E-state index is 11.8. The number of carbonyl (C=O) groups excluding carboxylic acids is 2. The van der Waals surface area contributed by atoms with Crippen molar-refractivity contribution >= 4 is 24.3 Å². The molecule has 1 heterocycles. The number of nitrogens with one attached hydrogen (secondary N) is 2. The topological polar surface area (TPSA) is 67.4 Å². The summed E-state index contributed by atoms with van der Waals surface area (Å²) >= 11 is 0. The number of halogens is 1. The van der Waals surface area contributed by atoms with Crippen LogP contribution in [-0.4, -0.2) is 37.1 Å². The second kappa shape index (κ2) is 7.50. The lowest BCUT2D eigenvalue weighted by atomic mass is 9.90. The zero-order valence-electron chi connectivity index (χ0n) is 10.4. The minimum atomic E-state index is -0.537. The zero-order valence-corrected chi connectivity index (χ0v) is 11.2. The molecule has 1 aliphatic rings. The van der Waals surface area contributed by atoms with Crippen LogP contribution in [0, 0.1) is 0 Å². The van der Waals surface area contributed by atoms with Gasteiger partial charge < -0.3 is 15.4 Å². The Bertz CT molecular complexity index is 265. The predicted octanol–water partition coefficient (Wildman–Crippen LogP) is 0.620. The second-order valence-corrected chi connectivity index (χ2v) is 4.20. The first-order valence-electron chi connectivity index (χ1n) is 5.77. The summed E-state index contributed by atoms with van der Waals surface area (Å²) in [6, 6.07) is 0. The Hall–Kier alpha value is -0.810. The van der Waals surface area contributed by atoms with Gasteiger partial charge in [0.2, 0.25) is 5.91 Å². The van der Waals surface area contributed by atoms with E-state index < -0.39 is 11.5 Å². The zero-order chi connectivity index (χ0) is 12.0. The molecule has 1 unspecified atom stereocenters. The van der Waals surface area contributed by atoms with Gasteiger partial charge in [-0.2, -0.15) is 0 Å². The fourth-order valence-corrected chi connectivity index (χ4v) is 1.81. The van der Waals surface area contributed by atoms with E-state index >= 15 is 0 Å². The van der Waals surface area contributed by atoms with Crippen molar-refractivity contribution in [2.75, 3.05) is 19.7 Å². The molecule has 17 heavy (non-hydrogen) atoms. The molecule has 0 bridgehead atoms. The van der Waals surface area contributed by atoms with Crippen LogP contribution in [0.2, 0.25) is 0 Å². The molecular weight excluding hydrogens is 244 g/mol. The first kappa shape index (κ1) is 16.2. The minimum absolute atomic E-state index is 0. The highest BCUT2D eigenvalue weighted by Gasteiger charge is 2.34. The molecule has 2 N–H and O–H groups in total. The van der Waals surface area contributed by atoms with Gasteiger partial charge in [0.15, 0.2) is 0 Å². The fourth-order valence-electron chi connectivity index (χ4n) is 1.81. The largest absolute Gasteiger partial charge is 0.465 e. The van der Waals surface area contributed by atoms with Crippen molar-refractivity contribution in [2.24, 2.45) is 0 Å². The summed E-state index contributed by atoms with van der Waals surface area (Å²) in [5.41, 5.74) is -0.537. The number of carbonyl (C=O) groups is 2. The van der Waals surface area contributed by atoms with Crippen LogP contribution in [0.15, 0.2) is 0 Å². The van der Waals surface area contributed by atoms with E-state index in [1.807, 2.05) is 6.92 Å². The minimum Gasteiger partial charge on any atom is -0.465 e. The van der Waals surface area contributed by atoms with Crippen LogP contribution in [-0.2, 0) is 14.3 Å². The van der Waals surface area contributed by atoms with Crippen LogP contribution >= 0.6 is 12.4 Å². The third-order valence-corrected chi connectivity index (χ3v) is 2.82. The van der Waals surface area contributed by atoms with Gasteiger partial charge in [-0.15, -0.1) is 12.4 Å². The smallest absolute Gasteiger partial charge is 0.325 e. The quantitative estimate of drug-likeness (QED) is 0.731. The molecule has 0 radical (unpaired) electrons. The highest BCUT2D eigenvalue weighted by molar-refractivity contribution is 5.88. The maximum absolute atomic E-state index is 11.8. The van der Waals surface area contributed by atoms with Crippen LogP contribution in [0.4, 0.5) is 0 Å². The lowest BCUT2D eigenvalue weighted by molar-refractivity contribution is -0.144. The first-order valence-corrected chi connectivity index (χ1v) is 5.77. The molecule has 0 spiro atoms. The highest BCUT2D eigenvalue weighted by atomic mass is 35.5. The van der Waals surface area contributed by atoms with Crippen LogP contribution in [0.1, 0.15) is 33.1 Å². The predicted molar refractivity (Wildman–Crippen MR) is 67.1 cm³/mol. The van der Waals surface area contributed by atoms with Gasteiger partial charge >= 0.3 is 5.97 Å². The molecule has 0 saturated carbocycles. The van der Waals surface area contributed by atoms with Gasteiger partial charge in [-0.05, 0) is 39.7 Å². The maximum Gasteiger partial charge on any atom is 0.325 e. The summed E-state index contributed by atoms with van der Waals surface area (Å²) in [6.45, 7) is 4.74. The molecule has 0 aromatic rings. The average Bonchev–Trinajstić information content (AvgIpc) is 2.27. The Labute approximate surface area is 108 Å². The number of ether oxygens (including phenoxy) is 1. The van der Waals surface area contributed by atoms with E-state index in [0.29, 0.717) is 6.61 Å². The van der Waals surface area contributed by atoms with E-state index in [4.69, 9.17) is 4.74 Å². The summed E-state index contributed by atoms with van der Waals surface area (Å²) in [6.07, 6.45) is 2.94. The standard InChI is InChI=1S/C11H20N2O3.ClH/c1-3-16-9(14)8-12-10(15)11(2)6-4-5-7-13-11;/h13H,3-8H2,1-2H3,(H,12,15);1H. The molecule has 1 fully saturated rings. The van der Waals surface area contributed by atoms with E-state index in [0.717, 1.165) is 25.8 Å². The van der Waals surface area contributed by atoms with Gasteiger partial charge in [0.05, 0.1) is 12.1 Å². The molecule has 5 nitrogen and oxygen atoms in total. The van der Waals surface area contributed by atoms with E-state index in [1.54, 1.807) is 6.92 Å². The third-order valence-electron chi connectivity index (χ3n) is 2.82. The van der Waals surface area contributed by atoms with Crippen molar-refractivity contribution in [3.8, 4) is 0 Å². The first-order chi connectivity index (χ1) is 7.58. The molecule has 1 atom stereocenters. The Kier molecular flexibility index (Phi) is 7.15. The van der Waals surface area contributed by atoms with Gasteiger partial charge in [0, 0.05) is 0 Å². The third kappa shape index (κ3) is 4.91. The molecular formula is C11H21ClN2O3. The number of hydrogen-bond acceptors (Lipinski definition) is 4. The van der Waals surface area contributed by atoms with E-state index in [2.05, 4.69) is 10.6 Å². The van der Waals surface area contributed by atoms with Crippen molar-refractivity contribution in [1.82, 2.24) is 10.6 Å². The number of hydrogen-bond donors (Lipinski definition) is 2. The Balaban J connectivity index is 0.00000256. The molecule has 1 aliphatic heterocycles. The molecule has 6 heteroatoms. The lowest BCUT2D eigenvalue weighted by Gasteiger charge is -2.33. The SMILES string of the molecule is CCOC(=O)CNC(=O)C1(C)CCCCN1.Cl. The van der Waals surface area contributed by atoms with E-state index in [1.165, 1.54) is 0 Å². The number of esters is 1. The summed E-state index contributed by atoms with van der Waals surface area (Å²) in [5, 5.41) is 5.79. The lowest BCUT2D eigenvalue weighted by Crippen LogP contribution is -2.57. The number of amides is 1. The van der Waals surface area contributed by atoms with Crippen LogP contribution in [0.5, 0.6) is 0 Å². The van der Waals surface area contributed by atoms with Gasteiger partial charge in [0.1, 0.15) is 6.54 Å². The van der Waals surface area contributed by atoms with E-state index in [-0.39, 0.29) is 24.9 Å². The highest BCUT2D eigenvalue weighted by Crippen LogP contribution is 2.18. The van der Waals surface area contributed by atoms with Gasteiger partial charge in [-0.1, -0.05) is 0 Å². The van der Waals surface area contributed by atoms with Crippen LogP contribution in [0.25, 0.3) is 0 Å². The Morgan fingerprint density at radius 1 is 1.41 bits per heavy atom. The van der Waals surface area contributed by atoms with Crippen molar-refractivity contribution in [2.45, 2.75) is 38.6 Å². The number of rotatable bonds is 4. The normalized spacial score (nSPS) is 23.4. The summed E-state index contributed by atoms with van der Waals surface area (Å²) in [5.74, 6) is -0.518. The molecule has 1 amide bonds. The summed E-state index contributed by atoms with van der Waals surface area (Å²) in [4.78, 5) is 22.9. The van der Waals surface area contributed by atoms with Crippen molar-refractivity contribution in [3.63, 3.8) is 0 Å². The van der Waals surface area contributed by atoms with Gasteiger partial charge in [-0.3, -0.25) is 9.59 Å².